The van der Waals surface area contributed by atoms with E-state index in [0.717, 1.165) is 24.0 Å². The zero-order chi connectivity index (χ0) is 18.5. The van der Waals surface area contributed by atoms with Crippen molar-refractivity contribution in [3.05, 3.63) is 52.9 Å². The number of halogens is 2. The maximum absolute atomic E-state index is 12.6. The van der Waals surface area contributed by atoms with E-state index in [-0.39, 0.29) is 11.6 Å². The number of alkyl halides is 2. The molecular formula is C19H21F2NO4. The van der Waals surface area contributed by atoms with Gasteiger partial charge >= 0.3 is 12.5 Å². The second kappa shape index (κ2) is 8.21. The number of methoxy groups -OCH3 is 1. The average Bonchev–Trinajstić information content (AvgIpc) is 3.44. The molecule has 1 aliphatic carbocycles. The molecule has 1 aromatic heterocycles. The highest BCUT2D eigenvalue weighted by Gasteiger charge is 2.23. The van der Waals surface area contributed by atoms with E-state index in [0.29, 0.717) is 35.8 Å². The molecule has 0 bridgehead atoms. The molecule has 0 aliphatic heterocycles. The monoisotopic (exact) mass is 365 g/mol. The van der Waals surface area contributed by atoms with Crippen LogP contribution in [0.2, 0.25) is 0 Å². The topological polar surface area (TPSA) is 54.6 Å². The number of rotatable bonds is 9. The predicted molar refractivity (Wildman–Crippen MR) is 90.7 cm³/mol. The summed E-state index contributed by atoms with van der Waals surface area (Å²) >= 11 is 0. The third-order valence-corrected chi connectivity index (χ3v) is 4.26. The molecule has 26 heavy (non-hydrogen) atoms. The second-order valence-electron chi connectivity index (χ2n) is 6.32. The van der Waals surface area contributed by atoms with Crippen LogP contribution in [0.4, 0.5) is 8.78 Å². The Kier molecular flexibility index (Phi) is 5.75. The Bertz CT molecular complexity index is 750. The third-order valence-electron chi connectivity index (χ3n) is 4.26. The summed E-state index contributed by atoms with van der Waals surface area (Å²) in [7, 11) is 1.44. The molecule has 0 radical (unpaired) electrons. The molecule has 5 nitrogen and oxygen atoms in total. The molecule has 1 fully saturated rings. The molecule has 0 spiro atoms. The number of benzene rings is 1. The van der Waals surface area contributed by atoms with Gasteiger partial charge in [-0.1, -0.05) is 6.07 Å². The highest BCUT2D eigenvalue weighted by molar-refractivity contribution is 5.43. The first-order valence-electron chi connectivity index (χ1n) is 8.52. The van der Waals surface area contributed by atoms with Gasteiger partial charge in [0.05, 0.1) is 19.8 Å². The summed E-state index contributed by atoms with van der Waals surface area (Å²) in [5, 5.41) is 11.5. The molecule has 0 unspecified atom stereocenters. The Morgan fingerprint density at radius 2 is 1.85 bits per heavy atom. The maximum atomic E-state index is 12.6. The van der Waals surface area contributed by atoms with Crippen molar-refractivity contribution >= 4 is 0 Å². The lowest BCUT2D eigenvalue weighted by Crippen LogP contribution is -2.27. The van der Waals surface area contributed by atoms with Crippen molar-refractivity contribution in [2.75, 3.05) is 13.7 Å². The third kappa shape index (κ3) is 4.97. The first-order valence-corrected chi connectivity index (χ1v) is 8.52. The molecule has 2 aromatic rings. The molecule has 0 N–H and O–H groups in total. The first kappa shape index (κ1) is 18.2. The summed E-state index contributed by atoms with van der Waals surface area (Å²) in [5.41, 5.74) is 1.89. The fraction of sp³-hybridized carbons (Fsp3) is 0.421. The Hall–Kier alpha value is -2.57. The van der Waals surface area contributed by atoms with Crippen LogP contribution in [0.3, 0.4) is 0 Å². The molecule has 140 valence electrons. The normalized spacial score (nSPS) is 13.7. The molecular weight excluding hydrogens is 344 g/mol. The van der Waals surface area contributed by atoms with E-state index >= 15 is 0 Å². The molecule has 7 heteroatoms. The van der Waals surface area contributed by atoms with Crippen molar-refractivity contribution in [1.82, 2.24) is 0 Å². The molecule has 1 heterocycles. The summed E-state index contributed by atoms with van der Waals surface area (Å²) in [5.74, 6) is 1.14. The molecule has 3 rings (SSSR count). The maximum Gasteiger partial charge on any atom is 0.387 e. The van der Waals surface area contributed by atoms with Crippen molar-refractivity contribution < 1.29 is 27.7 Å². The van der Waals surface area contributed by atoms with E-state index in [1.807, 2.05) is 0 Å². The van der Waals surface area contributed by atoms with Gasteiger partial charge in [0, 0.05) is 6.07 Å². The van der Waals surface area contributed by atoms with Crippen LogP contribution >= 0.6 is 0 Å². The van der Waals surface area contributed by atoms with Crippen LogP contribution in [0.15, 0.2) is 36.5 Å². The summed E-state index contributed by atoms with van der Waals surface area (Å²) < 4.78 is 41.0. The zero-order valence-electron chi connectivity index (χ0n) is 14.5. The fourth-order valence-electron chi connectivity index (χ4n) is 2.61. The fourth-order valence-corrected chi connectivity index (χ4v) is 2.61. The van der Waals surface area contributed by atoms with Gasteiger partial charge < -0.3 is 19.4 Å². The minimum Gasteiger partial charge on any atom is -0.616 e. The van der Waals surface area contributed by atoms with Crippen molar-refractivity contribution in [1.29, 1.82) is 0 Å². The minimum atomic E-state index is -2.89. The van der Waals surface area contributed by atoms with E-state index in [4.69, 9.17) is 9.47 Å². The summed E-state index contributed by atoms with van der Waals surface area (Å²) in [6.45, 7) is -2.37. The lowest BCUT2D eigenvalue weighted by atomic mass is 10.0. The number of aryl methyl sites for hydroxylation is 2. The van der Waals surface area contributed by atoms with E-state index < -0.39 is 6.61 Å². The van der Waals surface area contributed by atoms with Crippen LogP contribution in [-0.2, 0) is 12.8 Å². The summed E-state index contributed by atoms with van der Waals surface area (Å²) in [6.07, 6.45) is 4.97. The number of pyridine rings is 1. The number of aromatic nitrogens is 1. The lowest BCUT2D eigenvalue weighted by Gasteiger charge is -2.14. The number of ether oxygens (including phenoxy) is 3. The van der Waals surface area contributed by atoms with Gasteiger partial charge in [0.15, 0.2) is 17.7 Å². The van der Waals surface area contributed by atoms with Gasteiger partial charge in [-0.15, -0.1) is 4.73 Å². The second-order valence-corrected chi connectivity index (χ2v) is 6.32. The molecule has 1 aromatic carbocycles. The Labute approximate surface area is 150 Å². The Morgan fingerprint density at radius 1 is 1.12 bits per heavy atom. The van der Waals surface area contributed by atoms with Gasteiger partial charge in [-0.2, -0.15) is 8.78 Å². The first-order chi connectivity index (χ1) is 12.5. The van der Waals surface area contributed by atoms with Crippen LogP contribution in [0.25, 0.3) is 0 Å². The van der Waals surface area contributed by atoms with Crippen LogP contribution in [0, 0.1) is 11.1 Å². The van der Waals surface area contributed by atoms with Gasteiger partial charge in [-0.3, -0.25) is 0 Å². The van der Waals surface area contributed by atoms with Gasteiger partial charge in [0.1, 0.15) is 0 Å². The Balaban J connectivity index is 1.69. The lowest BCUT2D eigenvalue weighted by molar-refractivity contribution is -0.612. The van der Waals surface area contributed by atoms with Gasteiger partial charge in [-0.25, -0.2) is 0 Å². The highest BCUT2D eigenvalue weighted by atomic mass is 19.3. The number of nitrogens with zero attached hydrogens (tertiary/aromatic N) is 1. The molecule has 0 saturated heterocycles. The SMILES string of the molecule is COc1cc(CCc2ccc(OC(F)F)c(OCC3CC3)c2)cc[n+]1[O-]. The number of hydrogen-bond acceptors (Lipinski definition) is 4. The van der Waals surface area contributed by atoms with E-state index in [1.165, 1.54) is 19.4 Å². The molecule has 1 saturated carbocycles. The van der Waals surface area contributed by atoms with Gasteiger partial charge in [0.25, 0.3) is 0 Å². The predicted octanol–water partition coefficient (Wildman–Crippen LogP) is 3.50. The van der Waals surface area contributed by atoms with Crippen LogP contribution in [0.1, 0.15) is 24.0 Å². The van der Waals surface area contributed by atoms with E-state index in [1.54, 1.807) is 24.3 Å². The van der Waals surface area contributed by atoms with Crippen LogP contribution in [-0.4, -0.2) is 20.3 Å². The van der Waals surface area contributed by atoms with Crippen molar-refractivity contribution in [3.8, 4) is 17.4 Å². The molecule has 0 atom stereocenters. The quantitative estimate of drug-likeness (QED) is 0.504. The molecule has 0 amide bonds. The average molecular weight is 365 g/mol. The standard InChI is InChI=1S/C19H21F2NO4/c1-24-18-11-14(8-9-22(18)23)3-2-13-6-7-16(26-19(20)21)17(10-13)25-12-15-4-5-15/h6-11,15,19H,2-5,12H2,1H3. The van der Waals surface area contributed by atoms with Crippen LogP contribution in [0.5, 0.6) is 17.4 Å². The van der Waals surface area contributed by atoms with Crippen molar-refractivity contribution in [2.24, 2.45) is 5.92 Å². The van der Waals surface area contributed by atoms with Gasteiger partial charge in [-0.05, 0) is 54.9 Å². The number of hydrogen-bond donors (Lipinski definition) is 0. The minimum absolute atomic E-state index is 0.0539. The highest BCUT2D eigenvalue weighted by Crippen LogP contribution is 2.34. The largest absolute Gasteiger partial charge is 0.616 e. The Morgan fingerprint density at radius 3 is 2.50 bits per heavy atom. The zero-order valence-corrected chi connectivity index (χ0v) is 14.5. The van der Waals surface area contributed by atoms with E-state index in [9.17, 15) is 14.0 Å². The van der Waals surface area contributed by atoms with E-state index in [2.05, 4.69) is 4.74 Å². The smallest absolute Gasteiger partial charge is 0.387 e. The summed E-state index contributed by atoms with van der Waals surface area (Å²) in [4.78, 5) is 0. The summed E-state index contributed by atoms with van der Waals surface area (Å²) in [6, 6.07) is 8.42. The van der Waals surface area contributed by atoms with Crippen molar-refractivity contribution in [2.45, 2.75) is 32.3 Å². The van der Waals surface area contributed by atoms with Crippen LogP contribution < -0.4 is 18.9 Å². The van der Waals surface area contributed by atoms with Crippen molar-refractivity contribution in [3.63, 3.8) is 0 Å². The van der Waals surface area contributed by atoms with Gasteiger partial charge in [0.2, 0.25) is 0 Å². The molecule has 1 aliphatic rings.